The van der Waals surface area contributed by atoms with Gasteiger partial charge in [-0.05, 0) is 24.6 Å². The fraction of sp³-hybridized carbons (Fsp3) is 0.217. The SMILES string of the molecule is CC(=O)c1cccc(OCC(O)Cn2cnc3c(NCc4ccccc4)ncnc32)c1. The topological polar surface area (TPSA) is 102 Å². The Hall–Kier alpha value is -3.78. The zero-order valence-electron chi connectivity index (χ0n) is 17.1. The van der Waals surface area contributed by atoms with Gasteiger partial charge in [0.2, 0.25) is 0 Å². The number of aliphatic hydroxyl groups is 1. The number of nitrogens with one attached hydrogen (secondary N) is 1. The first-order chi connectivity index (χ1) is 15.1. The van der Waals surface area contributed by atoms with E-state index >= 15 is 0 Å². The summed E-state index contributed by atoms with van der Waals surface area (Å²) in [6.45, 7) is 2.46. The molecule has 8 heteroatoms. The fourth-order valence-electron chi connectivity index (χ4n) is 3.20. The van der Waals surface area contributed by atoms with Crippen molar-refractivity contribution in [2.24, 2.45) is 0 Å². The zero-order valence-corrected chi connectivity index (χ0v) is 17.1. The molecule has 158 valence electrons. The van der Waals surface area contributed by atoms with Crippen LogP contribution in [0.3, 0.4) is 0 Å². The van der Waals surface area contributed by atoms with Crippen molar-refractivity contribution in [3.63, 3.8) is 0 Å². The summed E-state index contributed by atoms with van der Waals surface area (Å²) in [5.41, 5.74) is 2.97. The molecule has 2 aromatic heterocycles. The molecule has 1 unspecified atom stereocenters. The third kappa shape index (κ3) is 5.04. The number of Topliss-reactive ketones (excluding diaryl/α,β-unsaturated/α-hetero) is 1. The second-order valence-electron chi connectivity index (χ2n) is 7.18. The van der Waals surface area contributed by atoms with Crippen molar-refractivity contribution in [3.05, 3.63) is 78.4 Å². The van der Waals surface area contributed by atoms with Crippen molar-refractivity contribution in [2.75, 3.05) is 11.9 Å². The molecule has 31 heavy (non-hydrogen) atoms. The molecule has 0 saturated carbocycles. The van der Waals surface area contributed by atoms with Gasteiger partial charge in [0, 0.05) is 12.1 Å². The molecule has 0 spiro atoms. The largest absolute Gasteiger partial charge is 0.491 e. The van der Waals surface area contributed by atoms with Gasteiger partial charge in [-0.1, -0.05) is 42.5 Å². The molecule has 2 N–H and O–H groups in total. The quantitative estimate of drug-likeness (QED) is 0.404. The van der Waals surface area contributed by atoms with Crippen LogP contribution in [0.1, 0.15) is 22.8 Å². The van der Waals surface area contributed by atoms with Gasteiger partial charge in [0.15, 0.2) is 17.2 Å². The van der Waals surface area contributed by atoms with Crippen LogP contribution in [0.5, 0.6) is 5.75 Å². The van der Waals surface area contributed by atoms with Crippen molar-refractivity contribution in [1.82, 2.24) is 19.5 Å². The molecule has 0 saturated heterocycles. The Kier molecular flexibility index (Phi) is 6.18. The molecule has 0 bridgehead atoms. The van der Waals surface area contributed by atoms with E-state index in [4.69, 9.17) is 4.74 Å². The molecule has 0 amide bonds. The number of imidazole rings is 1. The Morgan fingerprint density at radius 1 is 1.13 bits per heavy atom. The van der Waals surface area contributed by atoms with Gasteiger partial charge in [0.25, 0.3) is 0 Å². The average Bonchev–Trinajstić information content (AvgIpc) is 3.20. The van der Waals surface area contributed by atoms with Gasteiger partial charge >= 0.3 is 0 Å². The highest BCUT2D eigenvalue weighted by Gasteiger charge is 2.14. The molecule has 0 aliphatic carbocycles. The van der Waals surface area contributed by atoms with Gasteiger partial charge in [-0.25, -0.2) is 15.0 Å². The number of hydrogen-bond acceptors (Lipinski definition) is 7. The van der Waals surface area contributed by atoms with Crippen molar-refractivity contribution in [1.29, 1.82) is 0 Å². The maximum Gasteiger partial charge on any atom is 0.165 e. The second kappa shape index (κ2) is 9.36. The van der Waals surface area contributed by atoms with Crippen molar-refractivity contribution in [2.45, 2.75) is 26.1 Å². The number of aromatic nitrogens is 4. The summed E-state index contributed by atoms with van der Waals surface area (Å²) in [5.74, 6) is 1.14. The number of aliphatic hydroxyl groups excluding tert-OH is 1. The summed E-state index contributed by atoms with van der Waals surface area (Å²) in [6.07, 6.45) is 2.32. The molecule has 2 heterocycles. The number of nitrogens with zero attached hydrogens (tertiary/aromatic N) is 4. The van der Waals surface area contributed by atoms with Crippen molar-refractivity contribution in [3.8, 4) is 5.75 Å². The molecular formula is C23H23N5O3. The van der Waals surface area contributed by atoms with E-state index in [0.717, 1.165) is 5.56 Å². The van der Waals surface area contributed by atoms with Crippen LogP contribution in [0, 0.1) is 0 Å². The minimum atomic E-state index is -0.783. The van der Waals surface area contributed by atoms with Crippen LogP contribution in [0.15, 0.2) is 67.3 Å². The third-order valence-electron chi connectivity index (χ3n) is 4.79. The number of carbonyl (C=O) groups is 1. The van der Waals surface area contributed by atoms with Crippen LogP contribution < -0.4 is 10.1 Å². The van der Waals surface area contributed by atoms with Gasteiger partial charge in [0.05, 0.1) is 12.9 Å². The first-order valence-electron chi connectivity index (χ1n) is 9.95. The summed E-state index contributed by atoms with van der Waals surface area (Å²) in [5, 5.41) is 13.7. The molecule has 2 aromatic carbocycles. The van der Waals surface area contributed by atoms with E-state index in [1.54, 1.807) is 35.2 Å². The van der Waals surface area contributed by atoms with E-state index in [2.05, 4.69) is 20.3 Å². The fourth-order valence-corrected chi connectivity index (χ4v) is 3.20. The van der Waals surface area contributed by atoms with Gasteiger partial charge < -0.3 is 19.7 Å². The lowest BCUT2D eigenvalue weighted by molar-refractivity contribution is 0.0931. The number of benzene rings is 2. The van der Waals surface area contributed by atoms with Crippen LogP contribution in [-0.4, -0.2) is 43.1 Å². The number of anilines is 1. The Balaban J connectivity index is 1.40. The summed E-state index contributed by atoms with van der Waals surface area (Å²) < 4.78 is 7.42. The number of ether oxygens (including phenoxy) is 1. The average molecular weight is 417 g/mol. The van der Waals surface area contributed by atoms with Crippen LogP contribution in [-0.2, 0) is 13.1 Å². The lowest BCUT2D eigenvalue weighted by Gasteiger charge is -2.14. The minimum absolute atomic E-state index is 0.0350. The third-order valence-corrected chi connectivity index (χ3v) is 4.79. The number of fused-ring (bicyclic) bond motifs is 1. The molecule has 0 aliphatic rings. The molecule has 0 aliphatic heterocycles. The van der Waals surface area contributed by atoms with Crippen LogP contribution in [0.2, 0.25) is 0 Å². The molecule has 0 radical (unpaired) electrons. The number of carbonyl (C=O) groups excluding carboxylic acids is 1. The van der Waals surface area contributed by atoms with Gasteiger partial charge in [-0.3, -0.25) is 4.79 Å². The van der Waals surface area contributed by atoms with Crippen LogP contribution in [0.4, 0.5) is 5.82 Å². The summed E-state index contributed by atoms with van der Waals surface area (Å²) >= 11 is 0. The molecule has 1 atom stereocenters. The molecule has 8 nitrogen and oxygen atoms in total. The summed E-state index contributed by atoms with van der Waals surface area (Å²) in [4.78, 5) is 24.5. The van der Waals surface area contributed by atoms with Crippen LogP contribution in [0.25, 0.3) is 11.2 Å². The zero-order chi connectivity index (χ0) is 21.6. The maximum absolute atomic E-state index is 11.5. The Morgan fingerprint density at radius 2 is 1.97 bits per heavy atom. The highest BCUT2D eigenvalue weighted by atomic mass is 16.5. The van der Waals surface area contributed by atoms with Gasteiger partial charge in [0.1, 0.15) is 30.3 Å². The van der Waals surface area contributed by atoms with E-state index in [1.165, 1.54) is 13.3 Å². The van der Waals surface area contributed by atoms with E-state index in [0.29, 0.717) is 34.8 Å². The minimum Gasteiger partial charge on any atom is -0.491 e. The highest BCUT2D eigenvalue weighted by molar-refractivity contribution is 5.94. The lowest BCUT2D eigenvalue weighted by atomic mass is 10.1. The molecular weight excluding hydrogens is 394 g/mol. The Bertz CT molecular complexity index is 1180. The van der Waals surface area contributed by atoms with E-state index < -0.39 is 6.10 Å². The van der Waals surface area contributed by atoms with Crippen LogP contribution >= 0.6 is 0 Å². The van der Waals surface area contributed by atoms with E-state index in [9.17, 15) is 9.90 Å². The number of hydrogen-bond donors (Lipinski definition) is 2. The molecule has 4 rings (SSSR count). The van der Waals surface area contributed by atoms with Gasteiger partial charge in [-0.2, -0.15) is 0 Å². The lowest BCUT2D eigenvalue weighted by Crippen LogP contribution is -2.23. The Labute approximate surface area is 179 Å². The van der Waals surface area contributed by atoms with E-state index in [1.807, 2.05) is 30.3 Å². The standard InChI is InChI=1S/C23H23N5O3/c1-16(29)18-8-5-9-20(10-18)31-13-19(30)12-28-15-27-21-22(25-14-26-23(21)28)24-11-17-6-3-2-4-7-17/h2-10,14-15,19,30H,11-13H2,1H3,(H,24,25,26). The normalized spacial score (nSPS) is 11.9. The molecule has 0 fully saturated rings. The summed E-state index contributed by atoms with van der Waals surface area (Å²) in [6, 6.07) is 16.9. The highest BCUT2D eigenvalue weighted by Crippen LogP contribution is 2.19. The molecule has 4 aromatic rings. The van der Waals surface area contributed by atoms with Crippen molar-refractivity contribution < 1.29 is 14.6 Å². The number of rotatable bonds is 9. The maximum atomic E-state index is 11.5. The first kappa shape index (κ1) is 20.5. The smallest absolute Gasteiger partial charge is 0.165 e. The number of ketones is 1. The second-order valence-corrected chi connectivity index (χ2v) is 7.18. The predicted molar refractivity (Wildman–Crippen MR) is 117 cm³/mol. The monoisotopic (exact) mass is 417 g/mol. The predicted octanol–water partition coefficient (Wildman–Crippen LogP) is 3.08. The Morgan fingerprint density at radius 3 is 2.77 bits per heavy atom. The van der Waals surface area contributed by atoms with Gasteiger partial charge in [-0.15, -0.1) is 0 Å². The first-order valence-corrected chi connectivity index (χ1v) is 9.95. The van der Waals surface area contributed by atoms with E-state index in [-0.39, 0.29) is 18.9 Å². The van der Waals surface area contributed by atoms with Crippen molar-refractivity contribution >= 4 is 22.8 Å². The summed E-state index contributed by atoms with van der Waals surface area (Å²) in [7, 11) is 0.